The predicted molar refractivity (Wildman–Crippen MR) is 130 cm³/mol. The zero-order valence-electron chi connectivity index (χ0n) is 18.6. The number of hydrogen-bond donors (Lipinski definition) is 1. The van der Waals surface area contributed by atoms with Crippen LogP contribution in [0.15, 0.2) is 91.0 Å². The summed E-state index contributed by atoms with van der Waals surface area (Å²) >= 11 is 0. The molecule has 0 spiro atoms. The van der Waals surface area contributed by atoms with E-state index >= 15 is 0 Å². The van der Waals surface area contributed by atoms with E-state index in [0.29, 0.717) is 17.9 Å². The summed E-state index contributed by atoms with van der Waals surface area (Å²) in [5.41, 5.74) is 2.86. The minimum atomic E-state index is -0.968. The van der Waals surface area contributed by atoms with Crippen molar-refractivity contribution in [3.05, 3.63) is 102 Å². The number of carbonyl (C=O) groups is 1. The number of benzene rings is 4. The molecule has 4 rings (SSSR count). The van der Waals surface area contributed by atoms with E-state index in [4.69, 9.17) is 4.74 Å². The van der Waals surface area contributed by atoms with Crippen molar-refractivity contribution in [1.82, 2.24) is 0 Å². The number of aromatic carboxylic acids is 1. The van der Waals surface area contributed by atoms with E-state index in [-0.39, 0.29) is 5.56 Å². The Labute approximate surface area is 184 Å². The molecule has 0 saturated heterocycles. The first-order valence-electron chi connectivity index (χ1n) is 10.8. The third kappa shape index (κ3) is 5.73. The van der Waals surface area contributed by atoms with Gasteiger partial charge in [0.1, 0.15) is 12.4 Å². The average molecular weight is 415 g/mol. The molecule has 0 amide bonds. The Bertz CT molecular complexity index is 1090. The molecule has 0 heterocycles. The molecule has 0 saturated carbocycles. The highest BCUT2D eigenvalue weighted by atomic mass is 16.5. The van der Waals surface area contributed by atoms with Gasteiger partial charge in [-0.2, -0.15) is 0 Å². The zero-order chi connectivity index (χ0) is 22.6. The molecule has 4 aromatic carbocycles. The van der Waals surface area contributed by atoms with Gasteiger partial charge in [-0.1, -0.05) is 113 Å². The number of carboxylic acid groups (broad SMARTS) is 1. The monoisotopic (exact) mass is 414 g/mol. The Morgan fingerprint density at radius 2 is 1.26 bits per heavy atom. The molecular formula is C28H30O3. The van der Waals surface area contributed by atoms with E-state index in [0.717, 1.165) is 21.9 Å². The van der Waals surface area contributed by atoms with Crippen molar-refractivity contribution in [3.63, 3.8) is 0 Å². The van der Waals surface area contributed by atoms with E-state index in [1.165, 1.54) is 0 Å². The van der Waals surface area contributed by atoms with Crippen molar-refractivity contribution in [2.24, 2.45) is 0 Å². The lowest BCUT2D eigenvalue weighted by molar-refractivity contribution is 0.0697. The fourth-order valence-corrected chi connectivity index (χ4v) is 3.28. The highest BCUT2D eigenvalue weighted by molar-refractivity contribution is 6.09. The molecule has 0 aliphatic heterocycles. The fourth-order valence-electron chi connectivity index (χ4n) is 3.28. The fraction of sp³-hybridized carbons (Fsp3) is 0.179. The summed E-state index contributed by atoms with van der Waals surface area (Å²) in [7, 11) is 0. The number of rotatable bonds is 5. The molecule has 0 radical (unpaired) electrons. The standard InChI is InChI=1S/C24H18O3.2C2H6/c25-24(26)21-15-22(27-16-17-9-3-1-4-10-17)19-13-7-8-14-20(19)23(21)18-11-5-2-6-12-18;2*1-2/h1-15H,16H2,(H,25,26);2*1-2H3. The van der Waals surface area contributed by atoms with Gasteiger partial charge in [-0.15, -0.1) is 0 Å². The Hall–Kier alpha value is -3.59. The van der Waals surface area contributed by atoms with Crippen LogP contribution in [0.25, 0.3) is 21.9 Å². The smallest absolute Gasteiger partial charge is 0.336 e. The molecule has 0 aliphatic carbocycles. The lowest BCUT2D eigenvalue weighted by Gasteiger charge is -2.16. The first kappa shape index (κ1) is 23.7. The van der Waals surface area contributed by atoms with Gasteiger partial charge in [-0.05, 0) is 22.6 Å². The van der Waals surface area contributed by atoms with Crippen LogP contribution in [0.3, 0.4) is 0 Å². The van der Waals surface area contributed by atoms with Gasteiger partial charge in [0.05, 0.1) is 5.56 Å². The van der Waals surface area contributed by atoms with Crippen LogP contribution in [0, 0.1) is 0 Å². The maximum absolute atomic E-state index is 12.0. The minimum absolute atomic E-state index is 0.239. The molecule has 160 valence electrons. The van der Waals surface area contributed by atoms with Gasteiger partial charge >= 0.3 is 5.97 Å². The lowest BCUT2D eigenvalue weighted by atomic mass is 9.92. The summed E-state index contributed by atoms with van der Waals surface area (Å²) in [6.45, 7) is 8.38. The zero-order valence-corrected chi connectivity index (χ0v) is 18.6. The summed E-state index contributed by atoms with van der Waals surface area (Å²) in [6, 6.07) is 28.8. The predicted octanol–water partition coefficient (Wildman–Crippen LogP) is 7.84. The van der Waals surface area contributed by atoms with Crippen LogP contribution < -0.4 is 4.74 Å². The summed E-state index contributed by atoms with van der Waals surface area (Å²) in [6.07, 6.45) is 0. The molecule has 1 N–H and O–H groups in total. The first-order chi connectivity index (χ1) is 15.2. The lowest BCUT2D eigenvalue weighted by Crippen LogP contribution is -2.03. The second-order valence-corrected chi connectivity index (χ2v) is 6.29. The van der Waals surface area contributed by atoms with Crippen molar-refractivity contribution >= 4 is 16.7 Å². The molecule has 0 aromatic heterocycles. The Balaban J connectivity index is 0.000000807. The topological polar surface area (TPSA) is 46.5 Å². The van der Waals surface area contributed by atoms with Crippen LogP contribution in [-0.4, -0.2) is 11.1 Å². The molecule has 31 heavy (non-hydrogen) atoms. The number of fused-ring (bicyclic) bond motifs is 1. The van der Waals surface area contributed by atoms with Crippen molar-refractivity contribution in [3.8, 4) is 16.9 Å². The van der Waals surface area contributed by atoms with Crippen LogP contribution in [0.4, 0.5) is 0 Å². The normalized spacial score (nSPS) is 9.68. The van der Waals surface area contributed by atoms with Gasteiger partial charge < -0.3 is 9.84 Å². The largest absolute Gasteiger partial charge is 0.488 e. The molecule has 0 bridgehead atoms. The van der Waals surface area contributed by atoms with Crippen LogP contribution in [0.2, 0.25) is 0 Å². The maximum atomic E-state index is 12.0. The number of hydrogen-bond acceptors (Lipinski definition) is 2. The molecular weight excluding hydrogens is 384 g/mol. The van der Waals surface area contributed by atoms with Crippen LogP contribution in [0.5, 0.6) is 5.75 Å². The third-order valence-electron chi connectivity index (χ3n) is 4.54. The van der Waals surface area contributed by atoms with Gasteiger partial charge in [0, 0.05) is 10.9 Å². The third-order valence-corrected chi connectivity index (χ3v) is 4.54. The molecule has 3 heteroatoms. The van der Waals surface area contributed by atoms with E-state index in [1.54, 1.807) is 6.07 Å². The maximum Gasteiger partial charge on any atom is 0.336 e. The molecule has 0 atom stereocenters. The Kier molecular flexibility index (Phi) is 9.31. The van der Waals surface area contributed by atoms with Gasteiger partial charge in [0.25, 0.3) is 0 Å². The Morgan fingerprint density at radius 3 is 1.84 bits per heavy atom. The van der Waals surface area contributed by atoms with E-state index in [2.05, 4.69) is 0 Å². The second-order valence-electron chi connectivity index (χ2n) is 6.29. The molecule has 0 unspecified atom stereocenters. The van der Waals surface area contributed by atoms with Crippen LogP contribution in [0.1, 0.15) is 43.6 Å². The molecule has 0 aliphatic rings. The molecule has 0 fully saturated rings. The average Bonchev–Trinajstić information content (AvgIpc) is 2.85. The SMILES string of the molecule is CC.CC.O=C(O)c1cc(OCc2ccccc2)c2ccccc2c1-c1ccccc1. The summed E-state index contributed by atoms with van der Waals surface area (Å²) in [4.78, 5) is 12.0. The van der Waals surface area contributed by atoms with Crippen molar-refractivity contribution in [1.29, 1.82) is 0 Å². The number of carboxylic acids is 1. The van der Waals surface area contributed by atoms with Crippen molar-refractivity contribution < 1.29 is 14.6 Å². The number of ether oxygens (including phenoxy) is 1. The van der Waals surface area contributed by atoms with Gasteiger partial charge in [0.2, 0.25) is 0 Å². The van der Waals surface area contributed by atoms with Crippen molar-refractivity contribution in [2.75, 3.05) is 0 Å². The highest BCUT2D eigenvalue weighted by Gasteiger charge is 2.18. The molecule has 4 aromatic rings. The van der Waals surface area contributed by atoms with E-state index in [9.17, 15) is 9.90 Å². The summed E-state index contributed by atoms with van der Waals surface area (Å²) < 4.78 is 6.02. The van der Waals surface area contributed by atoms with E-state index in [1.807, 2.05) is 113 Å². The van der Waals surface area contributed by atoms with Crippen LogP contribution >= 0.6 is 0 Å². The summed E-state index contributed by atoms with van der Waals surface area (Å²) in [5.74, 6) is -0.393. The van der Waals surface area contributed by atoms with Gasteiger partial charge in [0.15, 0.2) is 0 Å². The van der Waals surface area contributed by atoms with Crippen molar-refractivity contribution in [2.45, 2.75) is 34.3 Å². The minimum Gasteiger partial charge on any atom is -0.488 e. The quantitative estimate of drug-likeness (QED) is 0.362. The Morgan fingerprint density at radius 1 is 0.742 bits per heavy atom. The molecule has 3 nitrogen and oxygen atoms in total. The van der Waals surface area contributed by atoms with Gasteiger partial charge in [-0.25, -0.2) is 4.79 Å². The van der Waals surface area contributed by atoms with Crippen LogP contribution in [-0.2, 0) is 6.61 Å². The summed E-state index contributed by atoms with van der Waals surface area (Å²) in [5, 5.41) is 11.6. The second kappa shape index (κ2) is 12.2. The van der Waals surface area contributed by atoms with E-state index < -0.39 is 5.97 Å². The highest BCUT2D eigenvalue weighted by Crippen LogP contribution is 2.38. The van der Waals surface area contributed by atoms with Gasteiger partial charge in [-0.3, -0.25) is 0 Å². The first-order valence-corrected chi connectivity index (χ1v) is 10.8.